The summed E-state index contributed by atoms with van der Waals surface area (Å²) < 4.78 is 5.99. The standard InChI is InChI=1S/C14H25NOS/c1-11(2)13(9-15-14(3,4)5)16-10-12-7-6-8-17-12/h6-8,11,13,15H,9-10H2,1-5H3. The number of ether oxygens (including phenoxy) is 1. The van der Waals surface area contributed by atoms with E-state index in [0.717, 1.165) is 13.2 Å². The lowest BCUT2D eigenvalue weighted by molar-refractivity contribution is 0.00916. The third-order valence-corrected chi connectivity index (χ3v) is 3.45. The number of hydrogen-bond donors (Lipinski definition) is 1. The monoisotopic (exact) mass is 255 g/mol. The summed E-state index contributed by atoms with van der Waals surface area (Å²) in [4.78, 5) is 1.30. The molecule has 1 heterocycles. The predicted octanol–water partition coefficient (Wildman–Crippen LogP) is 3.68. The van der Waals surface area contributed by atoms with Gasteiger partial charge in [0.2, 0.25) is 0 Å². The highest BCUT2D eigenvalue weighted by atomic mass is 32.1. The van der Waals surface area contributed by atoms with Crippen LogP contribution in [-0.4, -0.2) is 18.2 Å². The molecule has 0 aliphatic heterocycles. The molecule has 2 nitrogen and oxygen atoms in total. The van der Waals surface area contributed by atoms with Gasteiger partial charge in [0.25, 0.3) is 0 Å². The average Bonchev–Trinajstić information content (AvgIpc) is 2.68. The second-order valence-electron chi connectivity index (χ2n) is 5.80. The SMILES string of the molecule is CC(C)C(CNC(C)(C)C)OCc1cccs1. The number of hydrogen-bond acceptors (Lipinski definition) is 3. The van der Waals surface area contributed by atoms with Crippen molar-refractivity contribution in [2.45, 2.75) is 52.9 Å². The topological polar surface area (TPSA) is 21.3 Å². The van der Waals surface area contributed by atoms with Crippen molar-refractivity contribution < 1.29 is 4.74 Å². The lowest BCUT2D eigenvalue weighted by Gasteiger charge is -2.27. The zero-order valence-electron chi connectivity index (χ0n) is 11.6. The summed E-state index contributed by atoms with van der Waals surface area (Å²) in [6, 6.07) is 4.19. The van der Waals surface area contributed by atoms with E-state index in [1.807, 2.05) is 0 Å². The van der Waals surface area contributed by atoms with Crippen LogP contribution in [0.15, 0.2) is 17.5 Å². The van der Waals surface area contributed by atoms with E-state index in [2.05, 4.69) is 57.4 Å². The van der Waals surface area contributed by atoms with Crippen LogP contribution in [0.5, 0.6) is 0 Å². The van der Waals surface area contributed by atoms with E-state index in [9.17, 15) is 0 Å². The van der Waals surface area contributed by atoms with E-state index in [4.69, 9.17) is 4.74 Å². The molecular formula is C14H25NOS. The molecule has 0 amide bonds. The van der Waals surface area contributed by atoms with Crippen molar-refractivity contribution in [2.75, 3.05) is 6.54 Å². The Labute approximate surface area is 109 Å². The summed E-state index contributed by atoms with van der Waals surface area (Å²) >= 11 is 1.75. The quantitative estimate of drug-likeness (QED) is 0.837. The van der Waals surface area contributed by atoms with Crippen LogP contribution in [0.25, 0.3) is 0 Å². The third kappa shape index (κ3) is 6.20. The summed E-state index contributed by atoms with van der Waals surface area (Å²) in [6.07, 6.45) is 0.274. The van der Waals surface area contributed by atoms with Crippen molar-refractivity contribution in [3.8, 4) is 0 Å². The fraction of sp³-hybridized carbons (Fsp3) is 0.714. The van der Waals surface area contributed by atoms with Crippen molar-refractivity contribution in [3.63, 3.8) is 0 Å². The Morgan fingerprint density at radius 3 is 2.53 bits per heavy atom. The molecule has 1 atom stereocenters. The highest BCUT2D eigenvalue weighted by Crippen LogP contribution is 2.14. The van der Waals surface area contributed by atoms with Crippen molar-refractivity contribution in [3.05, 3.63) is 22.4 Å². The van der Waals surface area contributed by atoms with Crippen LogP contribution in [0, 0.1) is 5.92 Å². The fourth-order valence-corrected chi connectivity index (χ4v) is 2.10. The molecule has 0 saturated heterocycles. The van der Waals surface area contributed by atoms with Crippen LogP contribution in [0.2, 0.25) is 0 Å². The van der Waals surface area contributed by atoms with Crippen molar-refractivity contribution in [2.24, 2.45) is 5.92 Å². The minimum atomic E-state index is 0.152. The first-order valence-corrected chi connectivity index (χ1v) is 7.15. The van der Waals surface area contributed by atoms with E-state index in [0.29, 0.717) is 5.92 Å². The van der Waals surface area contributed by atoms with E-state index in [1.165, 1.54) is 4.88 Å². The summed E-state index contributed by atoms with van der Waals surface area (Å²) in [7, 11) is 0. The van der Waals surface area contributed by atoms with Gasteiger partial charge in [-0.05, 0) is 38.1 Å². The van der Waals surface area contributed by atoms with Gasteiger partial charge in [0.05, 0.1) is 12.7 Å². The maximum atomic E-state index is 5.99. The van der Waals surface area contributed by atoms with Crippen LogP contribution in [0.4, 0.5) is 0 Å². The minimum Gasteiger partial charge on any atom is -0.371 e. The van der Waals surface area contributed by atoms with Gasteiger partial charge in [-0.1, -0.05) is 19.9 Å². The third-order valence-electron chi connectivity index (χ3n) is 2.60. The van der Waals surface area contributed by atoms with E-state index >= 15 is 0 Å². The molecule has 0 aliphatic carbocycles. The van der Waals surface area contributed by atoms with E-state index in [1.54, 1.807) is 11.3 Å². The molecule has 1 aromatic rings. The van der Waals surface area contributed by atoms with E-state index < -0.39 is 0 Å². The molecule has 1 aromatic heterocycles. The first kappa shape index (κ1) is 14.7. The lowest BCUT2D eigenvalue weighted by atomic mass is 10.0. The molecule has 0 aromatic carbocycles. The Balaban J connectivity index is 2.38. The van der Waals surface area contributed by atoms with Crippen LogP contribution in [0.3, 0.4) is 0 Å². The molecule has 0 fully saturated rings. The molecule has 98 valence electrons. The zero-order valence-corrected chi connectivity index (χ0v) is 12.4. The molecule has 0 spiro atoms. The number of rotatable bonds is 6. The number of nitrogens with one attached hydrogen (secondary N) is 1. The smallest absolute Gasteiger partial charge is 0.0813 e. The predicted molar refractivity (Wildman–Crippen MR) is 75.5 cm³/mol. The van der Waals surface area contributed by atoms with Gasteiger partial charge in [0.15, 0.2) is 0 Å². The summed E-state index contributed by atoms with van der Waals surface area (Å²) in [6.45, 7) is 12.6. The summed E-state index contributed by atoms with van der Waals surface area (Å²) in [5, 5.41) is 5.61. The first-order valence-electron chi connectivity index (χ1n) is 6.27. The van der Waals surface area contributed by atoms with E-state index in [-0.39, 0.29) is 11.6 Å². The largest absolute Gasteiger partial charge is 0.371 e. The molecule has 0 aliphatic rings. The molecule has 3 heteroatoms. The van der Waals surface area contributed by atoms with Gasteiger partial charge in [0, 0.05) is 17.0 Å². The average molecular weight is 255 g/mol. The second kappa shape index (κ2) is 6.53. The molecule has 1 N–H and O–H groups in total. The molecule has 0 saturated carbocycles. The summed E-state index contributed by atoms with van der Waals surface area (Å²) in [5.74, 6) is 0.532. The second-order valence-corrected chi connectivity index (χ2v) is 6.84. The molecular weight excluding hydrogens is 230 g/mol. The van der Waals surface area contributed by atoms with Crippen molar-refractivity contribution in [1.29, 1.82) is 0 Å². The highest BCUT2D eigenvalue weighted by Gasteiger charge is 2.17. The summed E-state index contributed by atoms with van der Waals surface area (Å²) in [5.41, 5.74) is 0.152. The van der Waals surface area contributed by atoms with Gasteiger partial charge in [-0.2, -0.15) is 0 Å². The van der Waals surface area contributed by atoms with Crippen LogP contribution < -0.4 is 5.32 Å². The fourth-order valence-electron chi connectivity index (χ4n) is 1.48. The normalized spacial score (nSPS) is 14.2. The van der Waals surface area contributed by atoms with Gasteiger partial charge in [-0.3, -0.25) is 0 Å². The first-order chi connectivity index (χ1) is 7.88. The molecule has 0 bridgehead atoms. The Bertz CT molecular complexity index is 301. The van der Waals surface area contributed by atoms with Gasteiger partial charge >= 0.3 is 0 Å². The van der Waals surface area contributed by atoms with Crippen LogP contribution in [0.1, 0.15) is 39.5 Å². The maximum absolute atomic E-state index is 5.99. The van der Waals surface area contributed by atoms with Crippen LogP contribution in [-0.2, 0) is 11.3 Å². The molecule has 0 radical (unpaired) electrons. The van der Waals surface area contributed by atoms with Gasteiger partial charge < -0.3 is 10.1 Å². The number of thiophene rings is 1. The van der Waals surface area contributed by atoms with Gasteiger partial charge in [-0.25, -0.2) is 0 Å². The van der Waals surface area contributed by atoms with Crippen molar-refractivity contribution in [1.82, 2.24) is 5.32 Å². The Morgan fingerprint density at radius 2 is 2.06 bits per heavy atom. The Morgan fingerprint density at radius 1 is 1.35 bits per heavy atom. The Kier molecular flexibility index (Phi) is 5.63. The van der Waals surface area contributed by atoms with Gasteiger partial charge in [-0.15, -0.1) is 11.3 Å². The highest BCUT2D eigenvalue weighted by molar-refractivity contribution is 7.09. The molecule has 1 rings (SSSR count). The molecule has 17 heavy (non-hydrogen) atoms. The van der Waals surface area contributed by atoms with Crippen molar-refractivity contribution >= 4 is 11.3 Å². The molecule has 1 unspecified atom stereocenters. The van der Waals surface area contributed by atoms with Crippen LogP contribution >= 0.6 is 11.3 Å². The minimum absolute atomic E-state index is 0.152. The zero-order chi connectivity index (χ0) is 12.9. The lowest BCUT2D eigenvalue weighted by Crippen LogP contribution is -2.43. The Hall–Kier alpha value is -0.380. The maximum Gasteiger partial charge on any atom is 0.0813 e. The van der Waals surface area contributed by atoms with Gasteiger partial charge in [0.1, 0.15) is 0 Å².